The van der Waals surface area contributed by atoms with E-state index >= 15 is 0 Å². The van der Waals surface area contributed by atoms with Gasteiger partial charge in [-0.15, -0.1) is 23.1 Å². The molecule has 0 aliphatic carbocycles. The molecule has 0 unspecified atom stereocenters. The molecule has 0 radical (unpaired) electrons. The van der Waals surface area contributed by atoms with Gasteiger partial charge < -0.3 is 4.74 Å². The number of halogens is 1. The first kappa shape index (κ1) is 9.80. The molecule has 2 rings (SSSR count). The normalized spacial score (nSPS) is 10.8. The average molecular weight is 228 g/mol. The SMILES string of the molecule is COc1c(SC)ccc2cc(F)sc12. The van der Waals surface area contributed by atoms with Crippen LogP contribution < -0.4 is 4.74 Å². The van der Waals surface area contributed by atoms with Crippen LogP contribution in [0.5, 0.6) is 5.75 Å². The second-order valence-electron chi connectivity index (χ2n) is 2.77. The molecule has 1 nitrogen and oxygen atoms in total. The first-order valence-electron chi connectivity index (χ1n) is 4.06. The number of fused-ring (bicyclic) bond motifs is 1. The zero-order valence-electron chi connectivity index (χ0n) is 7.83. The first-order valence-corrected chi connectivity index (χ1v) is 6.10. The third-order valence-electron chi connectivity index (χ3n) is 2.00. The lowest BCUT2D eigenvalue weighted by Gasteiger charge is -2.06. The van der Waals surface area contributed by atoms with Gasteiger partial charge in [-0.25, -0.2) is 0 Å². The average Bonchev–Trinajstić information content (AvgIpc) is 2.56. The number of benzene rings is 1. The number of thioether (sulfide) groups is 1. The van der Waals surface area contributed by atoms with Crippen LogP contribution in [0.3, 0.4) is 0 Å². The van der Waals surface area contributed by atoms with Crippen molar-refractivity contribution >= 4 is 33.2 Å². The molecule has 74 valence electrons. The van der Waals surface area contributed by atoms with E-state index in [4.69, 9.17) is 4.74 Å². The van der Waals surface area contributed by atoms with Crippen molar-refractivity contribution in [2.45, 2.75) is 4.90 Å². The number of hydrogen-bond acceptors (Lipinski definition) is 3. The Hall–Kier alpha value is -0.740. The predicted molar refractivity (Wildman–Crippen MR) is 60.1 cm³/mol. The zero-order chi connectivity index (χ0) is 10.1. The Balaban J connectivity index is 2.75. The minimum atomic E-state index is -0.170. The quantitative estimate of drug-likeness (QED) is 0.724. The highest BCUT2D eigenvalue weighted by atomic mass is 32.2. The summed E-state index contributed by atoms with van der Waals surface area (Å²) in [5.41, 5.74) is 0. The number of thiophene rings is 1. The second-order valence-corrected chi connectivity index (χ2v) is 4.62. The molecule has 0 bridgehead atoms. The van der Waals surface area contributed by atoms with E-state index < -0.39 is 0 Å². The fraction of sp³-hybridized carbons (Fsp3) is 0.200. The summed E-state index contributed by atoms with van der Waals surface area (Å²) in [5.74, 6) is 0.781. The van der Waals surface area contributed by atoms with Crippen LogP contribution in [0.1, 0.15) is 0 Å². The van der Waals surface area contributed by atoms with Gasteiger partial charge in [0.2, 0.25) is 0 Å². The van der Waals surface area contributed by atoms with Gasteiger partial charge in [-0.1, -0.05) is 6.07 Å². The third kappa shape index (κ3) is 1.48. The number of hydrogen-bond donors (Lipinski definition) is 0. The Labute approximate surface area is 89.9 Å². The summed E-state index contributed by atoms with van der Waals surface area (Å²) in [6.07, 6.45) is 1.98. The summed E-state index contributed by atoms with van der Waals surface area (Å²) >= 11 is 2.73. The predicted octanol–water partition coefficient (Wildman–Crippen LogP) is 3.77. The maximum Gasteiger partial charge on any atom is 0.177 e. The number of methoxy groups -OCH3 is 1. The highest BCUT2D eigenvalue weighted by Crippen LogP contribution is 2.39. The third-order valence-corrected chi connectivity index (χ3v) is 3.70. The van der Waals surface area contributed by atoms with Gasteiger partial charge in [0.25, 0.3) is 0 Å². The molecule has 1 aromatic carbocycles. The molecular formula is C10H9FOS2. The van der Waals surface area contributed by atoms with E-state index in [1.165, 1.54) is 6.07 Å². The Morgan fingerprint density at radius 1 is 1.43 bits per heavy atom. The fourth-order valence-electron chi connectivity index (χ4n) is 1.38. The minimum Gasteiger partial charge on any atom is -0.494 e. The summed E-state index contributed by atoms with van der Waals surface area (Å²) < 4.78 is 19.2. The molecule has 0 amide bonds. The largest absolute Gasteiger partial charge is 0.494 e. The van der Waals surface area contributed by atoms with Crippen molar-refractivity contribution in [3.8, 4) is 5.75 Å². The molecule has 14 heavy (non-hydrogen) atoms. The van der Waals surface area contributed by atoms with E-state index in [0.29, 0.717) is 0 Å². The molecule has 0 aliphatic rings. The van der Waals surface area contributed by atoms with Crippen LogP contribution in [0.2, 0.25) is 0 Å². The molecule has 0 aliphatic heterocycles. The molecule has 0 atom stereocenters. The van der Waals surface area contributed by atoms with Crippen molar-refractivity contribution in [1.82, 2.24) is 0 Å². The highest BCUT2D eigenvalue weighted by Gasteiger charge is 2.10. The molecule has 1 aromatic heterocycles. The van der Waals surface area contributed by atoms with Crippen LogP contribution in [-0.2, 0) is 0 Å². The van der Waals surface area contributed by atoms with Gasteiger partial charge >= 0.3 is 0 Å². The fourth-order valence-corrected chi connectivity index (χ4v) is 2.93. The van der Waals surface area contributed by atoms with E-state index in [0.717, 1.165) is 32.1 Å². The second kappa shape index (κ2) is 3.79. The summed E-state index contributed by atoms with van der Waals surface area (Å²) in [7, 11) is 1.62. The van der Waals surface area contributed by atoms with Crippen LogP contribution >= 0.6 is 23.1 Å². The lowest BCUT2D eigenvalue weighted by Crippen LogP contribution is -1.85. The lowest BCUT2D eigenvalue weighted by molar-refractivity contribution is 0.411. The van der Waals surface area contributed by atoms with Gasteiger partial charge in [0.1, 0.15) is 5.75 Å². The monoisotopic (exact) mass is 228 g/mol. The van der Waals surface area contributed by atoms with Crippen LogP contribution in [0.25, 0.3) is 10.1 Å². The molecule has 0 spiro atoms. The van der Waals surface area contributed by atoms with Gasteiger partial charge in [0.05, 0.1) is 16.7 Å². The van der Waals surface area contributed by atoms with Gasteiger partial charge in [-0.3, -0.25) is 0 Å². The van der Waals surface area contributed by atoms with E-state index in [1.807, 2.05) is 18.4 Å². The molecule has 0 N–H and O–H groups in total. The van der Waals surface area contributed by atoms with Crippen LogP contribution in [0.15, 0.2) is 23.1 Å². The molecule has 0 saturated heterocycles. The van der Waals surface area contributed by atoms with Crippen LogP contribution in [-0.4, -0.2) is 13.4 Å². The van der Waals surface area contributed by atoms with Gasteiger partial charge in [0.15, 0.2) is 5.13 Å². The number of rotatable bonds is 2. The summed E-state index contributed by atoms with van der Waals surface area (Å²) in [4.78, 5) is 1.04. The Morgan fingerprint density at radius 2 is 2.21 bits per heavy atom. The molecule has 2 aromatic rings. The van der Waals surface area contributed by atoms with Gasteiger partial charge in [-0.2, -0.15) is 4.39 Å². The minimum absolute atomic E-state index is 0.170. The number of ether oxygens (including phenoxy) is 1. The van der Waals surface area contributed by atoms with Crippen molar-refractivity contribution in [1.29, 1.82) is 0 Å². The van der Waals surface area contributed by atoms with E-state index in [9.17, 15) is 4.39 Å². The van der Waals surface area contributed by atoms with Crippen molar-refractivity contribution in [2.75, 3.05) is 13.4 Å². The molecular weight excluding hydrogens is 219 g/mol. The first-order chi connectivity index (χ1) is 6.76. The topological polar surface area (TPSA) is 9.23 Å². The maximum atomic E-state index is 13.0. The van der Waals surface area contributed by atoms with Crippen molar-refractivity contribution in [3.05, 3.63) is 23.3 Å². The maximum absolute atomic E-state index is 13.0. The molecule has 4 heteroatoms. The van der Waals surface area contributed by atoms with Gasteiger partial charge in [0, 0.05) is 0 Å². The van der Waals surface area contributed by atoms with Crippen LogP contribution in [0, 0.1) is 5.13 Å². The van der Waals surface area contributed by atoms with E-state index in [2.05, 4.69) is 0 Å². The molecule has 0 saturated carbocycles. The van der Waals surface area contributed by atoms with Crippen LogP contribution in [0.4, 0.5) is 4.39 Å². The summed E-state index contributed by atoms with van der Waals surface area (Å²) in [6, 6.07) is 5.41. The standard InChI is InChI=1S/C10H9FOS2/c1-12-9-7(13-2)4-3-6-5-8(11)14-10(6)9/h3-5H,1-2H3. The van der Waals surface area contributed by atoms with E-state index in [-0.39, 0.29) is 5.13 Å². The lowest BCUT2D eigenvalue weighted by atomic mass is 10.2. The van der Waals surface area contributed by atoms with Crippen molar-refractivity contribution in [3.63, 3.8) is 0 Å². The van der Waals surface area contributed by atoms with Gasteiger partial charge in [-0.05, 0) is 23.8 Å². The molecule has 1 heterocycles. The van der Waals surface area contributed by atoms with Crippen molar-refractivity contribution in [2.24, 2.45) is 0 Å². The highest BCUT2D eigenvalue weighted by molar-refractivity contribution is 7.98. The van der Waals surface area contributed by atoms with Crippen molar-refractivity contribution < 1.29 is 9.13 Å². The molecule has 0 fully saturated rings. The summed E-state index contributed by atoms with van der Waals surface area (Å²) in [5, 5.41) is 0.735. The Kier molecular flexibility index (Phi) is 2.65. The Morgan fingerprint density at radius 3 is 2.86 bits per heavy atom. The smallest absolute Gasteiger partial charge is 0.177 e. The zero-order valence-corrected chi connectivity index (χ0v) is 9.47. The Bertz CT molecular complexity index is 464. The summed E-state index contributed by atoms with van der Waals surface area (Å²) in [6.45, 7) is 0. The van der Waals surface area contributed by atoms with E-state index in [1.54, 1.807) is 18.9 Å².